The third kappa shape index (κ3) is 3.54. The maximum Gasteiger partial charge on any atom is 0.329 e. The molecule has 144 valence electrons. The topological polar surface area (TPSA) is 75.3 Å². The van der Waals surface area contributed by atoms with E-state index in [9.17, 15) is 17.7 Å². The van der Waals surface area contributed by atoms with Crippen LogP contribution in [0.3, 0.4) is 0 Å². The minimum absolute atomic E-state index is 0.106. The molecule has 0 bridgehead atoms. The molecule has 4 rings (SSSR count). The molecule has 2 N–H and O–H groups in total. The molecule has 0 aliphatic carbocycles. The Labute approximate surface area is 157 Å². The maximum atomic E-state index is 14.4. The number of aromatic nitrogens is 2. The zero-order chi connectivity index (χ0) is 20.1. The summed E-state index contributed by atoms with van der Waals surface area (Å²) in [6, 6.07) is 9.59. The highest BCUT2D eigenvalue weighted by Gasteiger charge is 2.18. The highest BCUT2D eigenvalue weighted by Crippen LogP contribution is 2.39. The molecule has 0 saturated carbocycles. The second kappa shape index (κ2) is 6.74. The lowest BCUT2D eigenvalue weighted by atomic mass is 10.1. The summed E-state index contributed by atoms with van der Waals surface area (Å²) in [5.41, 5.74) is 1.96. The molecule has 4 aromatic rings. The summed E-state index contributed by atoms with van der Waals surface area (Å²) in [4.78, 5) is 22.1. The molecule has 2 heterocycles. The van der Waals surface area contributed by atoms with Crippen LogP contribution in [0.1, 0.15) is 11.1 Å². The van der Waals surface area contributed by atoms with Crippen LogP contribution in [-0.4, -0.2) is 19.3 Å². The number of benzene rings is 2. The monoisotopic (exact) mass is 406 g/mol. The number of nitrogens with zero attached hydrogens (tertiary/aromatic N) is 2. The Hall–Kier alpha value is -2.67. The molecule has 0 radical (unpaired) electrons. The van der Waals surface area contributed by atoms with E-state index < -0.39 is 25.0 Å². The number of fused-ring (bicyclic) bond motifs is 3. The summed E-state index contributed by atoms with van der Waals surface area (Å²) in [6.45, 7) is 0.171. The molecular formula is C19H14F3N2O3P. The lowest BCUT2D eigenvalue weighted by Crippen LogP contribution is -2.00. The molecule has 0 saturated heterocycles. The van der Waals surface area contributed by atoms with Crippen LogP contribution in [-0.2, 0) is 17.3 Å². The molecule has 2 aromatic heterocycles. The Bertz CT molecular complexity index is 1250. The zero-order valence-corrected chi connectivity index (χ0v) is 15.2. The number of hydrogen-bond donors (Lipinski definition) is 2. The summed E-state index contributed by atoms with van der Waals surface area (Å²) in [7, 11) is -4.18. The van der Waals surface area contributed by atoms with Crippen molar-refractivity contribution in [2.24, 2.45) is 0 Å². The summed E-state index contributed by atoms with van der Waals surface area (Å²) in [6.07, 6.45) is 0.597. The van der Waals surface area contributed by atoms with Gasteiger partial charge in [0.1, 0.15) is 17.5 Å². The fourth-order valence-corrected chi connectivity index (χ4v) is 3.99. The lowest BCUT2D eigenvalue weighted by Gasteiger charge is -2.09. The molecule has 28 heavy (non-hydrogen) atoms. The maximum absolute atomic E-state index is 14.4. The third-order valence-electron chi connectivity index (χ3n) is 4.44. The SMILES string of the molecule is O=P(O)(O)Cc1ccc(Cn2c3cc(F)cnc3c3c(F)cc(F)cc32)cc1. The van der Waals surface area contributed by atoms with E-state index in [2.05, 4.69) is 4.98 Å². The van der Waals surface area contributed by atoms with E-state index in [4.69, 9.17) is 9.79 Å². The van der Waals surface area contributed by atoms with Gasteiger partial charge in [-0.25, -0.2) is 13.2 Å². The van der Waals surface area contributed by atoms with Gasteiger partial charge in [0.05, 0.1) is 34.3 Å². The average molecular weight is 406 g/mol. The highest BCUT2D eigenvalue weighted by atomic mass is 31.2. The van der Waals surface area contributed by atoms with Gasteiger partial charge in [-0.3, -0.25) is 9.55 Å². The fraction of sp³-hybridized carbons (Fsp3) is 0.105. The van der Waals surface area contributed by atoms with Crippen molar-refractivity contribution in [3.63, 3.8) is 0 Å². The zero-order valence-electron chi connectivity index (χ0n) is 14.3. The first-order chi connectivity index (χ1) is 13.2. The summed E-state index contributed by atoms with van der Waals surface area (Å²) in [5.74, 6) is -2.14. The second-order valence-corrected chi connectivity index (χ2v) is 8.17. The smallest absolute Gasteiger partial charge is 0.329 e. The summed E-state index contributed by atoms with van der Waals surface area (Å²) < 4.78 is 54.6. The largest absolute Gasteiger partial charge is 0.334 e. The standard InChI is InChI=1S/C19H14F3N2O3P/c20-13-5-15(22)18-16(6-13)24(17-7-14(21)8-23-19(17)18)9-11-1-3-12(4-2-11)10-28(25,26)27/h1-8H,9-10H2,(H2,25,26,27). The lowest BCUT2D eigenvalue weighted by molar-refractivity contribution is 0.371. The van der Waals surface area contributed by atoms with Crippen molar-refractivity contribution in [1.29, 1.82) is 0 Å². The van der Waals surface area contributed by atoms with Gasteiger partial charge in [0.15, 0.2) is 0 Å². The van der Waals surface area contributed by atoms with E-state index in [1.807, 2.05) is 0 Å². The van der Waals surface area contributed by atoms with Gasteiger partial charge in [-0.15, -0.1) is 0 Å². The second-order valence-electron chi connectivity index (χ2n) is 6.53. The van der Waals surface area contributed by atoms with Gasteiger partial charge in [0.2, 0.25) is 0 Å². The molecule has 0 amide bonds. The molecule has 0 atom stereocenters. The van der Waals surface area contributed by atoms with Crippen molar-refractivity contribution in [2.75, 3.05) is 0 Å². The predicted molar refractivity (Wildman–Crippen MR) is 98.4 cm³/mol. The molecular weight excluding hydrogens is 392 g/mol. The minimum Gasteiger partial charge on any atom is -0.334 e. The normalized spacial score (nSPS) is 12.2. The average Bonchev–Trinajstić information content (AvgIpc) is 2.88. The van der Waals surface area contributed by atoms with Gasteiger partial charge in [0.25, 0.3) is 0 Å². The Kier molecular flexibility index (Phi) is 4.50. The Morgan fingerprint density at radius 1 is 0.929 bits per heavy atom. The van der Waals surface area contributed by atoms with Gasteiger partial charge < -0.3 is 14.4 Å². The van der Waals surface area contributed by atoms with E-state index in [-0.39, 0.29) is 29.1 Å². The number of pyridine rings is 1. The van der Waals surface area contributed by atoms with Crippen molar-refractivity contribution in [2.45, 2.75) is 12.7 Å². The Morgan fingerprint density at radius 3 is 2.25 bits per heavy atom. The number of halogens is 3. The molecule has 0 aliphatic heterocycles. The van der Waals surface area contributed by atoms with Crippen LogP contribution in [0.2, 0.25) is 0 Å². The van der Waals surface area contributed by atoms with Gasteiger partial charge in [-0.05, 0) is 17.2 Å². The van der Waals surface area contributed by atoms with Crippen LogP contribution in [0.5, 0.6) is 0 Å². The van der Waals surface area contributed by atoms with Gasteiger partial charge >= 0.3 is 7.60 Å². The summed E-state index contributed by atoms with van der Waals surface area (Å²) >= 11 is 0. The first-order valence-electron chi connectivity index (χ1n) is 8.26. The molecule has 0 aliphatic rings. The quantitative estimate of drug-likeness (QED) is 0.495. The van der Waals surface area contributed by atoms with Crippen LogP contribution in [0.15, 0.2) is 48.7 Å². The van der Waals surface area contributed by atoms with E-state index in [0.29, 0.717) is 16.6 Å². The van der Waals surface area contributed by atoms with E-state index in [0.717, 1.165) is 12.3 Å². The van der Waals surface area contributed by atoms with Crippen LogP contribution in [0, 0.1) is 17.5 Å². The van der Waals surface area contributed by atoms with Crippen molar-refractivity contribution in [3.8, 4) is 0 Å². The Morgan fingerprint density at radius 2 is 1.57 bits per heavy atom. The summed E-state index contributed by atoms with van der Waals surface area (Å²) in [5, 5.41) is 0.106. The van der Waals surface area contributed by atoms with E-state index in [1.54, 1.807) is 28.8 Å². The number of rotatable bonds is 4. The fourth-order valence-electron chi connectivity index (χ4n) is 3.30. The predicted octanol–water partition coefficient (Wildman–Crippen LogP) is 4.33. The van der Waals surface area contributed by atoms with E-state index in [1.165, 1.54) is 12.1 Å². The molecule has 9 heteroatoms. The first-order valence-corrected chi connectivity index (χ1v) is 10.1. The van der Waals surface area contributed by atoms with Crippen molar-refractivity contribution < 1.29 is 27.5 Å². The van der Waals surface area contributed by atoms with Gasteiger partial charge in [-0.1, -0.05) is 24.3 Å². The Balaban J connectivity index is 1.83. The number of hydrogen-bond acceptors (Lipinski definition) is 2. The third-order valence-corrected chi connectivity index (χ3v) is 5.22. The van der Waals surface area contributed by atoms with Crippen molar-refractivity contribution in [3.05, 3.63) is 77.2 Å². The molecule has 5 nitrogen and oxygen atoms in total. The molecule has 0 unspecified atom stereocenters. The van der Waals surface area contributed by atoms with E-state index >= 15 is 0 Å². The highest BCUT2D eigenvalue weighted by molar-refractivity contribution is 7.50. The van der Waals surface area contributed by atoms with Crippen LogP contribution >= 0.6 is 7.60 Å². The van der Waals surface area contributed by atoms with Crippen LogP contribution in [0.4, 0.5) is 13.2 Å². The van der Waals surface area contributed by atoms with Crippen LogP contribution < -0.4 is 0 Å². The minimum atomic E-state index is -4.18. The van der Waals surface area contributed by atoms with Gasteiger partial charge in [-0.2, -0.15) is 0 Å². The van der Waals surface area contributed by atoms with Crippen LogP contribution in [0.25, 0.3) is 21.9 Å². The van der Waals surface area contributed by atoms with Crippen molar-refractivity contribution >= 4 is 29.5 Å². The first kappa shape index (κ1) is 18.7. The molecule has 2 aromatic carbocycles. The van der Waals surface area contributed by atoms with Crippen molar-refractivity contribution in [1.82, 2.24) is 9.55 Å². The molecule has 0 spiro atoms. The van der Waals surface area contributed by atoms with Gasteiger partial charge in [0, 0.05) is 18.7 Å². The molecule has 0 fully saturated rings.